The number of piperidine rings is 1. The molecule has 0 amide bonds. The molecule has 9 heteroatoms. The number of hydrogen-bond acceptors (Lipinski definition) is 6. The second-order valence-electron chi connectivity index (χ2n) is 5.46. The molecule has 0 radical (unpaired) electrons. The van der Waals surface area contributed by atoms with E-state index in [1.54, 1.807) is 6.92 Å². The molecule has 0 saturated carbocycles. The molecule has 1 saturated heterocycles. The van der Waals surface area contributed by atoms with Crippen LogP contribution in [0.3, 0.4) is 0 Å². The lowest BCUT2D eigenvalue weighted by Crippen LogP contribution is -2.45. The lowest BCUT2D eigenvalue weighted by molar-refractivity contribution is 0.0521. The van der Waals surface area contributed by atoms with Gasteiger partial charge in [-0.25, -0.2) is 13.2 Å². The van der Waals surface area contributed by atoms with E-state index in [9.17, 15) is 13.2 Å². The molecular weight excluding hydrogens is 308 g/mol. The van der Waals surface area contributed by atoms with Crippen molar-refractivity contribution in [2.75, 3.05) is 19.7 Å². The first-order valence-corrected chi connectivity index (χ1v) is 8.78. The summed E-state index contributed by atoms with van der Waals surface area (Å²) in [5.41, 5.74) is 5.83. The summed E-state index contributed by atoms with van der Waals surface area (Å²) < 4.78 is 31.7. The Morgan fingerprint density at radius 2 is 2.36 bits per heavy atom. The maximum Gasteiger partial charge on any atom is 0.342 e. The highest BCUT2D eigenvalue weighted by molar-refractivity contribution is 7.89. The van der Waals surface area contributed by atoms with E-state index in [-0.39, 0.29) is 29.2 Å². The number of esters is 1. The van der Waals surface area contributed by atoms with E-state index in [4.69, 9.17) is 10.5 Å². The molecule has 1 aromatic heterocycles. The molecule has 1 fully saturated rings. The number of sulfonamides is 1. The van der Waals surface area contributed by atoms with Crippen molar-refractivity contribution in [2.45, 2.75) is 37.8 Å². The van der Waals surface area contributed by atoms with Gasteiger partial charge < -0.3 is 10.5 Å². The highest BCUT2D eigenvalue weighted by atomic mass is 32.2. The smallest absolute Gasteiger partial charge is 0.342 e. The van der Waals surface area contributed by atoms with E-state index in [1.807, 2.05) is 6.92 Å². The Kier molecular flexibility index (Phi) is 5.20. The van der Waals surface area contributed by atoms with Crippen LogP contribution >= 0.6 is 0 Å². The molecular formula is C13H22N4O4S. The maximum atomic E-state index is 12.8. The van der Waals surface area contributed by atoms with E-state index >= 15 is 0 Å². The summed E-state index contributed by atoms with van der Waals surface area (Å²) in [4.78, 5) is 11.8. The molecule has 2 unspecified atom stereocenters. The summed E-state index contributed by atoms with van der Waals surface area (Å²) in [7, 11) is -3.82. The second-order valence-corrected chi connectivity index (χ2v) is 7.33. The molecule has 0 aromatic carbocycles. The van der Waals surface area contributed by atoms with Gasteiger partial charge in [0, 0.05) is 19.1 Å². The van der Waals surface area contributed by atoms with E-state index in [0.29, 0.717) is 13.1 Å². The molecule has 0 bridgehead atoms. The van der Waals surface area contributed by atoms with Gasteiger partial charge in [0.05, 0.1) is 12.8 Å². The molecule has 2 atom stereocenters. The van der Waals surface area contributed by atoms with Gasteiger partial charge in [-0.1, -0.05) is 0 Å². The van der Waals surface area contributed by atoms with Gasteiger partial charge in [0.25, 0.3) is 10.0 Å². The van der Waals surface area contributed by atoms with Crippen LogP contribution in [0.1, 0.15) is 37.0 Å². The fraction of sp³-hybridized carbons (Fsp3) is 0.692. The van der Waals surface area contributed by atoms with Crippen LogP contribution in [0.15, 0.2) is 11.2 Å². The third-order valence-electron chi connectivity index (χ3n) is 3.86. The van der Waals surface area contributed by atoms with Crippen LogP contribution in [0.4, 0.5) is 0 Å². The minimum Gasteiger partial charge on any atom is -0.462 e. The number of H-pyrrole nitrogens is 1. The van der Waals surface area contributed by atoms with E-state index in [0.717, 1.165) is 12.8 Å². The molecule has 1 aliphatic heterocycles. The molecule has 8 nitrogen and oxygen atoms in total. The van der Waals surface area contributed by atoms with Crippen molar-refractivity contribution < 1.29 is 17.9 Å². The van der Waals surface area contributed by atoms with Crippen molar-refractivity contribution in [3.8, 4) is 0 Å². The third-order valence-corrected chi connectivity index (χ3v) is 5.70. The van der Waals surface area contributed by atoms with Crippen LogP contribution < -0.4 is 5.73 Å². The minimum absolute atomic E-state index is 0.0650. The quantitative estimate of drug-likeness (QED) is 0.751. The Morgan fingerprint density at radius 1 is 1.64 bits per heavy atom. The SMILES string of the molecule is CCOC(=O)c1cn[nH]c1S(=O)(=O)N1CCCC(C(C)N)C1. The summed E-state index contributed by atoms with van der Waals surface area (Å²) in [6.45, 7) is 4.46. The number of hydrogen-bond donors (Lipinski definition) is 2. The summed E-state index contributed by atoms with van der Waals surface area (Å²) in [6, 6.07) is -0.0794. The van der Waals surface area contributed by atoms with Crippen molar-refractivity contribution in [1.29, 1.82) is 0 Å². The van der Waals surface area contributed by atoms with Gasteiger partial charge in [-0.2, -0.15) is 9.40 Å². The van der Waals surface area contributed by atoms with Crippen molar-refractivity contribution in [3.05, 3.63) is 11.8 Å². The van der Waals surface area contributed by atoms with Crippen molar-refractivity contribution in [2.24, 2.45) is 11.7 Å². The van der Waals surface area contributed by atoms with Gasteiger partial charge in [-0.15, -0.1) is 0 Å². The van der Waals surface area contributed by atoms with Gasteiger partial charge in [0.1, 0.15) is 5.56 Å². The standard InChI is InChI=1S/C13H22N4O4S/c1-3-21-13(18)11-7-15-16-12(11)22(19,20)17-6-4-5-10(8-17)9(2)14/h7,9-10H,3-6,8,14H2,1-2H3,(H,15,16). The molecule has 3 N–H and O–H groups in total. The Bertz CT molecular complexity index is 626. The molecule has 0 aliphatic carbocycles. The number of nitrogens with zero attached hydrogens (tertiary/aromatic N) is 2. The number of rotatable bonds is 5. The minimum atomic E-state index is -3.82. The summed E-state index contributed by atoms with van der Waals surface area (Å²) in [5, 5.41) is 5.89. The maximum absolute atomic E-state index is 12.8. The van der Waals surface area contributed by atoms with Crippen LogP contribution in [0.5, 0.6) is 0 Å². The molecule has 1 aromatic rings. The number of nitrogens with two attached hydrogens (primary N) is 1. The molecule has 124 valence electrons. The van der Waals surface area contributed by atoms with E-state index in [2.05, 4.69) is 10.2 Å². The number of ether oxygens (including phenoxy) is 1. The largest absolute Gasteiger partial charge is 0.462 e. The zero-order valence-corrected chi connectivity index (χ0v) is 13.6. The zero-order valence-electron chi connectivity index (χ0n) is 12.8. The number of nitrogens with one attached hydrogen (secondary N) is 1. The molecule has 0 spiro atoms. The van der Waals surface area contributed by atoms with Gasteiger partial charge in [-0.3, -0.25) is 5.10 Å². The number of aromatic nitrogens is 2. The zero-order chi connectivity index (χ0) is 16.3. The first kappa shape index (κ1) is 16.9. The van der Waals surface area contributed by atoms with Crippen LogP contribution in [-0.2, 0) is 14.8 Å². The summed E-state index contributed by atoms with van der Waals surface area (Å²) in [6.07, 6.45) is 2.82. The Balaban J connectivity index is 2.27. The summed E-state index contributed by atoms with van der Waals surface area (Å²) >= 11 is 0. The molecule has 22 heavy (non-hydrogen) atoms. The normalized spacial score (nSPS) is 21.5. The van der Waals surface area contributed by atoms with Crippen LogP contribution in [0, 0.1) is 5.92 Å². The first-order chi connectivity index (χ1) is 10.4. The lowest BCUT2D eigenvalue weighted by atomic mass is 9.93. The van der Waals surface area contributed by atoms with Crippen molar-refractivity contribution >= 4 is 16.0 Å². The van der Waals surface area contributed by atoms with Crippen LogP contribution in [0.2, 0.25) is 0 Å². The average Bonchev–Trinajstić information content (AvgIpc) is 2.98. The fourth-order valence-electron chi connectivity index (χ4n) is 2.58. The lowest BCUT2D eigenvalue weighted by Gasteiger charge is -2.33. The van der Waals surface area contributed by atoms with Gasteiger partial charge in [0.2, 0.25) is 0 Å². The highest BCUT2D eigenvalue weighted by Gasteiger charge is 2.35. The van der Waals surface area contributed by atoms with E-state index < -0.39 is 16.0 Å². The van der Waals surface area contributed by atoms with Gasteiger partial charge in [0.15, 0.2) is 5.03 Å². The van der Waals surface area contributed by atoms with Crippen molar-refractivity contribution in [3.63, 3.8) is 0 Å². The van der Waals surface area contributed by atoms with Crippen LogP contribution in [0.25, 0.3) is 0 Å². The Morgan fingerprint density at radius 3 is 3.00 bits per heavy atom. The molecule has 2 heterocycles. The summed E-state index contributed by atoms with van der Waals surface area (Å²) in [5.74, 6) is -0.590. The third kappa shape index (κ3) is 3.31. The monoisotopic (exact) mass is 330 g/mol. The first-order valence-electron chi connectivity index (χ1n) is 7.34. The topological polar surface area (TPSA) is 118 Å². The number of carbonyl (C=O) groups is 1. The second kappa shape index (κ2) is 6.76. The van der Waals surface area contributed by atoms with Crippen LogP contribution in [-0.4, -0.2) is 54.6 Å². The number of aromatic amines is 1. The number of carbonyl (C=O) groups excluding carboxylic acids is 1. The molecule has 2 rings (SSSR count). The predicted octanol–water partition coefficient (Wildman–Crippen LogP) is 0.334. The fourth-order valence-corrected chi connectivity index (χ4v) is 4.17. The average molecular weight is 330 g/mol. The highest BCUT2D eigenvalue weighted by Crippen LogP contribution is 2.25. The van der Waals surface area contributed by atoms with Gasteiger partial charge >= 0.3 is 5.97 Å². The Labute approximate surface area is 130 Å². The molecule has 1 aliphatic rings. The predicted molar refractivity (Wildman–Crippen MR) is 79.7 cm³/mol. The van der Waals surface area contributed by atoms with Gasteiger partial charge in [-0.05, 0) is 32.6 Å². The Hall–Kier alpha value is -1.45. The van der Waals surface area contributed by atoms with Crippen molar-refractivity contribution in [1.82, 2.24) is 14.5 Å². The van der Waals surface area contributed by atoms with E-state index in [1.165, 1.54) is 10.5 Å².